The first-order valence-corrected chi connectivity index (χ1v) is 3.60. The topological polar surface area (TPSA) is 92.4 Å². The molecule has 0 saturated heterocycles. The van der Waals surface area contributed by atoms with Crippen LogP contribution in [0.3, 0.4) is 0 Å². The van der Waals surface area contributed by atoms with E-state index in [0.29, 0.717) is 0 Å². The predicted molar refractivity (Wildman–Crippen MR) is 43.5 cm³/mol. The van der Waals surface area contributed by atoms with Crippen LogP contribution in [0.1, 0.15) is 13.8 Å². The Kier molecular flexibility index (Phi) is 3.69. The molecule has 0 aliphatic rings. The van der Waals surface area contributed by atoms with E-state index in [4.69, 9.17) is 10.8 Å². The van der Waals surface area contributed by atoms with Crippen molar-refractivity contribution in [2.75, 3.05) is 13.1 Å². The molecule has 5 heteroatoms. The van der Waals surface area contributed by atoms with Crippen LogP contribution < -0.4 is 11.1 Å². The van der Waals surface area contributed by atoms with Gasteiger partial charge in [0.15, 0.2) is 0 Å². The second kappa shape index (κ2) is 4.06. The van der Waals surface area contributed by atoms with Crippen LogP contribution in [0.2, 0.25) is 0 Å². The summed E-state index contributed by atoms with van der Waals surface area (Å²) in [6.45, 7) is 3.15. The van der Waals surface area contributed by atoms with Gasteiger partial charge in [-0.05, 0) is 13.8 Å². The zero-order valence-corrected chi connectivity index (χ0v) is 7.26. The Morgan fingerprint density at radius 3 is 2.33 bits per heavy atom. The van der Waals surface area contributed by atoms with Crippen LogP contribution in [0.25, 0.3) is 0 Å². The van der Waals surface area contributed by atoms with Crippen LogP contribution in [0, 0.1) is 5.41 Å². The minimum Gasteiger partial charge on any atom is -0.480 e. The van der Waals surface area contributed by atoms with E-state index in [9.17, 15) is 9.59 Å². The molecule has 12 heavy (non-hydrogen) atoms. The molecule has 0 saturated carbocycles. The van der Waals surface area contributed by atoms with E-state index in [1.807, 2.05) is 0 Å². The molecule has 0 rings (SSSR count). The van der Waals surface area contributed by atoms with E-state index in [0.717, 1.165) is 0 Å². The molecule has 0 fully saturated rings. The molecule has 0 aromatic heterocycles. The van der Waals surface area contributed by atoms with Crippen LogP contribution in [-0.2, 0) is 9.59 Å². The number of nitrogens with two attached hydrogens (primary N) is 1. The largest absolute Gasteiger partial charge is 0.480 e. The molecule has 0 spiro atoms. The lowest BCUT2D eigenvalue weighted by atomic mass is 9.93. The van der Waals surface area contributed by atoms with Crippen molar-refractivity contribution in [1.29, 1.82) is 0 Å². The van der Waals surface area contributed by atoms with Crippen LogP contribution >= 0.6 is 0 Å². The molecule has 4 N–H and O–H groups in total. The lowest BCUT2D eigenvalue weighted by Crippen LogP contribution is -2.43. The van der Waals surface area contributed by atoms with E-state index in [1.165, 1.54) is 0 Å². The number of carboxylic acid groups (broad SMARTS) is 1. The smallest absolute Gasteiger partial charge is 0.322 e. The van der Waals surface area contributed by atoms with Gasteiger partial charge in [0.2, 0.25) is 5.91 Å². The molecule has 0 aromatic rings. The summed E-state index contributed by atoms with van der Waals surface area (Å²) in [6.07, 6.45) is 0. The van der Waals surface area contributed by atoms with Gasteiger partial charge in [0.1, 0.15) is 6.54 Å². The lowest BCUT2D eigenvalue weighted by Gasteiger charge is -2.20. The molecule has 0 heterocycles. The van der Waals surface area contributed by atoms with E-state index in [1.54, 1.807) is 13.8 Å². The first-order chi connectivity index (χ1) is 5.40. The van der Waals surface area contributed by atoms with E-state index in [-0.39, 0.29) is 19.0 Å². The lowest BCUT2D eigenvalue weighted by molar-refractivity contribution is -0.139. The van der Waals surface area contributed by atoms with E-state index >= 15 is 0 Å². The summed E-state index contributed by atoms with van der Waals surface area (Å²) in [4.78, 5) is 21.2. The van der Waals surface area contributed by atoms with Crippen molar-refractivity contribution in [3.63, 3.8) is 0 Å². The van der Waals surface area contributed by atoms with Crippen molar-refractivity contribution in [3.05, 3.63) is 0 Å². The number of carboxylic acids is 1. The quantitative estimate of drug-likeness (QED) is 0.518. The SMILES string of the molecule is CC(C)(CN)C(=O)NCC(=O)O. The zero-order chi connectivity index (χ0) is 9.78. The van der Waals surface area contributed by atoms with Gasteiger partial charge in [-0.2, -0.15) is 0 Å². The molecule has 0 aliphatic carbocycles. The molecule has 0 unspecified atom stereocenters. The van der Waals surface area contributed by atoms with Crippen molar-refractivity contribution in [2.24, 2.45) is 11.1 Å². The molecule has 0 aliphatic heterocycles. The van der Waals surface area contributed by atoms with Crippen LogP contribution in [0.15, 0.2) is 0 Å². The molecule has 70 valence electrons. The fourth-order valence-corrected chi connectivity index (χ4v) is 0.488. The normalized spacial score (nSPS) is 10.9. The van der Waals surface area contributed by atoms with Gasteiger partial charge in [-0.25, -0.2) is 0 Å². The monoisotopic (exact) mass is 174 g/mol. The fraction of sp³-hybridized carbons (Fsp3) is 0.714. The minimum absolute atomic E-state index is 0.193. The standard InChI is InChI=1S/C7H14N2O3/c1-7(2,4-8)6(12)9-3-5(10)11/h3-4,8H2,1-2H3,(H,9,12)(H,10,11). The second-order valence-corrected chi connectivity index (χ2v) is 3.16. The van der Waals surface area contributed by atoms with Gasteiger partial charge < -0.3 is 16.2 Å². The second-order valence-electron chi connectivity index (χ2n) is 3.16. The molecule has 1 amide bonds. The Balaban J connectivity index is 3.96. The molecular weight excluding hydrogens is 160 g/mol. The average molecular weight is 174 g/mol. The maximum atomic E-state index is 11.1. The summed E-state index contributed by atoms with van der Waals surface area (Å²) in [5, 5.41) is 10.5. The van der Waals surface area contributed by atoms with Gasteiger partial charge in [0.05, 0.1) is 5.41 Å². The minimum atomic E-state index is -1.06. The summed E-state index contributed by atoms with van der Waals surface area (Å²) >= 11 is 0. The highest BCUT2D eigenvalue weighted by molar-refractivity contribution is 5.85. The number of carbonyl (C=O) groups excluding carboxylic acids is 1. The van der Waals surface area contributed by atoms with E-state index in [2.05, 4.69) is 5.32 Å². The highest BCUT2D eigenvalue weighted by Crippen LogP contribution is 2.11. The fourth-order valence-electron chi connectivity index (χ4n) is 0.488. The number of carbonyl (C=O) groups is 2. The molecule has 5 nitrogen and oxygen atoms in total. The van der Waals surface area contributed by atoms with Crippen LogP contribution in [-0.4, -0.2) is 30.1 Å². The summed E-state index contributed by atoms with van der Waals surface area (Å²) in [5.74, 6) is -1.40. The molecule has 0 aromatic carbocycles. The van der Waals surface area contributed by atoms with Gasteiger partial charge in [0, 0.05) is 6.54 Å². The van der Waals surface area contributed by atoms with Crippen LogP contribution in [0.4, 0.5) is 0 Å². The Bertz CT molecular complexity index is 189. The Labute approximate surface area is 70.9 Å². The van der Waals surface area contributed by atoms with Gasteiger partial charge in [-0.3, -0.25) is 9.59 Å². The molecule has 0 radical (unpaired) electrons. The number of aliphatic carboxylic acids is 1. The summed E-state index contributed by atoms with van der Waals surface area (Å²) < 4.78 is 0. The summed E-state index contributed by atoms with van der Waals surface area (Å²) in [5.41, 5.74) is 4.61. The van der Waals surface area contributed by atoms with Gasteiger partial charge >= 0.3 is 5.97 Å². The van der Waals surface area contributed by atoms with Crippen LogP contribution in [0.5, 0.6) is 0 Å². The van der Waals surface area contributed by atoms with Gasteiger partial charge in [-0.1, -0.05) is 0 Å². The molecule has 0 atom stereocenters. The van der Waals surface area contributed by atoms with Crippen molar-refractivity contribution in [3.8, 4) is 0 Å². The van der Waals surface area contributed by atoms with Gasteiger partial charge in [0.25, 0.3) is 0 Å². The number of rotatable bonds is 4. The summed E-state index contributed by atoms with van der Waals surface area (Å²) in [6, 6.07) is 0. The predicted octanol–water partition coefficient (Wildman–Crippen LogP) is -0.828. The first-order valence-electron chi connectivity index (χ1n) is 3.60. The highest BCUT2D eigenvalue weighted by atomic mass is 16.4. The van der Waals surface area contributed by atoms with Crippen molar-refractivity contribution >= 4 is 11.9 Å². The number of amides is 1. The third-order valence-electron chi connectivity index (χ3n) is 1.53. The average Bonchev–Trinajstić information content (AvgIpc) is 2.00. The van der Waals surface area contributed by atoms with Crippen molar-refractivity contribution in [2.45, 2.75) is 13.8 Å². The number of hydrogen-bond acceptors (Lipinski definition) is 3. The molecule has 0 bridgehead atoms. The van der Waals surface area contributed by atoms with Crippen molar-refractivity contribution < 1.29 is 14.7 Å². The Morgan fingerprint density at radius 2 is 2.00 bits per heavy atom. The zero-order valence-electron chi connectivity index (χ0n) is 7.26. The number of nitrogens with one attached hydrogen (secondary N) is 1. The maximum absolute atomic E-state index is 11.1. The van der Waals surface area contributed by atoms with E-state index < -0.39 is 11.4 Å². The highest BCUT2D eigenvalue weighted by Gasteiger charge is 2.25. The van der Waals surface area contributed by atoms with Crippen molar-refractivity contribution in [1.82, 2.24) is 5.32 Å². The first kappa shape index (κ1) is 10.9. The third kappa shape index (κ3) is 3.34. The van der Waals surface area contributed by atoms with Gasteiger partial charge in [-0.15, -0.1) is 0 Å². The Hall–Kier alpha value is -1.10. The molecular formula is C7H14N2O3. The number of hydrogen-bond donors (Lipinski definition) is 3. The maximum Gasteiger partial charge on any atom is 0.322 e. The third-order valence-corrected chi connectivity index (χ3v) is 1.53. The Morgan fingerprint density at radius 1 is 1.50 bits per heavy atom. The summed E-state index contributed by atoms with van der Waals surface area (Å²) in [7, 11) is 0.